The molecule has 1 aromatic carbocycles. The minimum absolute atomic E-state index is 0.0559. The van der Waals surface area contributed by atoms with E-state index in [1.165, 1.54) is 24.3 Å². The highest BCUT2D eigenvalue weighted by Crippen LogP contribution is 2.20. The molecule has 0 fully saturated rings. The fourth-order valence-electron chi connectivity index (χ4n) is 1.89. The van der Waals surface area contributed by atoms with Crippen molar-refractivity contribution in [2.75, 3.05) is 19.5 Å². The van der Waals surface area contributed by atoms with Crippen molar-refractivity contribution in [2.45, 2.75) is 29.6 Å². The Kier molecular flexibility index (Phi) is 7.07. The van der Waals surface area contributed by atoms with E-state index in [1.54, 1.807) is 0 Å². The third-order valence-corrected chi connectivity index (χ3v) is 4.30. The van der Waals surface area contributed by atoms with Crippen molar-refractivity contribution < 1.29 is 32.9 Å². The Balaban J connectivity index is 2.80. The Bertz CT molecular complexity index is 619. The summed E-state index contributed by atoms with van der Waals surface area (Å²) in [5.74, 6) is -0.721. The Labute approximate surface area is 133 Å². The average molecular weight is 349 g/mol. The van der Waals surface area contributed by atoms with E-state index in [4.69, 9.17) is 10.2 Å². The van der Waals surface area contributed by atoms with Crippen molar-refractivity contribution in [3.63, 3.8) is 0 Å². The second kappa shape index (κ2) is 8.34. The SMILES string of the molecule is CS(=O)(=O)c1ccc([C@@H](O)[C@@H](CF)NC(=O)CC(O)CO)cc1. The van der Waals surface area contributed by atoms with Gasteiger partial charge in [0.1, 0.15) is 12.8 Å². The van der Waals surface area contributed by atoms with Crippen LogP contribution in [0.4, 0.5) is 4.39 Å². The first kappa shape index (κ1) is 19.5. The lowest BCUT2D eigenvalue weighted by atomic mass is 10.0. The number of nitrogens with one attached hydrogen (secondary N) is 1. The van der Waals surface area contributed by atoms with Gasteiger partial charge in [-0.3, -0.25) is 4.79 Å². The van der Waals surface area contributed by atoms with Crippen LogP contribution >= 0.6 is 0 Å². The summed E-state index contributed by atoms with van der Waals surface area (Å²) < 4.78 is 35.8. The summed E-state index contributed by atoms with van der Waals surface area (Å²) in [4.78, 5) is 11.6. The van der Waals surface area contributed by atoms with Gasteiger partial charge in [0.05, 0.1) is 30.1 Å². The number of hydrogen-bond acceptors (Lipinski definition) is 6. The van der Waals surface area contributed by atoms with Gasteiger partial charge in [-0.05, 0) is 17.7 Å². The maximum Gasteiger partial charge on any atom is 0.223 e. The van der Waals surface area contributed by atoms with Gasteiger partial charge in [-0.2, -0.15) is 0 Å². The third-order valence-electron chi connectivity index (χ3n) is 3.18. The van der Waals surface area contributed by atoms with Crippen LogP contribution < -0.4 is 5.32 Å². The highest BCUT2D eigenvalue weighted by molar-refractivity contribution is 7.90. The topological polar surface area (TPSA) is 124 Å². The second-order valence-electron chi connectivity index (χ2n) is 5.15. The Morgan fingerprint density at radius 2 is 1.83 bits per heavy atom. The van der Waals surface area contributed by atoms with Crippen LogP contribution in [-0.4, -0.2) is 61.3 Å². The lowest BCUT2D eigenvalue weighted by molar-refractivity contribution is -0.125. The highest BCUT2D eigenvalue weighted by Gasteiger charge is 2.24. The summed E-state index contributed by atoms with van der Waals surface area (Å²) in [7, 11) is -3.38. The molecule has 23 heavy (non-hydrogen) atoms. The summed E-state index contributed by atoms with van der Waals surface area (Å²) in [5.41, 5.74) is 0.239. The number of alkyl halides is 1. The predicted octanol–water partition coefficient (Wildman–Crippen LogP) is -0.679. The number of rotatable bonds is 8. The molecule has 4 N–H and O–H groups in total. The van der Waals surface area contributed by atoms with Crippen molar-refractivity contribution in [3.8, 4) is 0 Å². The van der Waals surface area contributed by atoms with E-state index in [0.29, 0.717) is 0 Å². The van der Waals surface area contributed by atoms with Crippen LogP contribution in [-0.2, 0) is 14.6 Å². The molecule has 9 heteroatoms. The molecule has 0 aliphatic carbocycles. The number of carbonyl (C=O) groups is 1. The Hall–Kier alpha value is -1.55. The van der Waals surface area contributed by atoms with Gasteiger partial charge in [-0.15, -0.1) is 0 Å². The summed E-state index contributed by atoms with van der Waals surface area (Å²) in [5, 5.41) is 30.1. The zero-order valence-electron chi connectivity index (χ0n) is 12.5. The maximum atomic E-state index is 13.1. The van der Waals surface area contributed by atoms with Gasteiger partial charge in [0.25, 0.3) is 0 Å². The summed E-state index contributed by atoms with van der Waals surface area (Å²) in [6.45, 7) is -1.67. The molecular formula is C14H20FNO6S. The van der Waals surface area contributed by atoms with Crippen LogP contribution in [0.5, 0.6) is 0 Å². The van der Waals surface area contributed by atoms with E-state index in [2.05, 4.69) is 5.32 Å². The van der Waals surface area contributed by atoms with Crippen LogP contribution in [0.1, 0.15) is 18.1 Å². The number of amides is 1. The number of benzene rings is 1. The van der Waals surface area contributed by atoms with E-state index in [-0.39, 0.29) is 10.5 Å². The summed E-state index contributed by atoms with van der Waals surface area (Å²) >= 11 is 0. The molecule has 0 aromatic heterocycles. The zero-order chi connectivity index (χ0) is 17.6. The van der Waals surface area contributed by atoms with Crippen LogP contribution in [0.3, 0.4) is 0 Å². The van der Waals surface area contributed by atoms with Crippen molar-refractivity contribution in [3.05, 3.63) is 29.8 Å². The van der Waals surface area contributed by atoms with Gasteiger partial charge < -0.3 is 20.6 Å². The van der Waals surface area contributed by atoms with Crippen LogP contribution in [0.2, 0.25) is 0 Å². The summed E-state index contributed by atoms with van der Waals surface area (Å²) in [6, 6.07) is 3.97. The second-order valence-corrected chi connectivity index (χ2v) is 7.17. The van der Waals surface area contributed by atoms with Crippen molar-refractivity contribution in [1.82, 2.24) is 5.32 Å². The fraction of sp³-hybridized carbons (Fsp3) is 0.500. The van der Waals surface area contributed by atoms with Gasteiger partial charge in [-0.25, -0.2) is 12.8 Å². The van der Waals surface area contributed by atoms with Gasteiger partial charge in [0.2, 0.25) is 5.91 Å². The molecule has 0 spiro atoms. The van der Waals surface area contributed by atoms with E-state index in [0.717, 1.165) is 6.26 Å². The molecule has 0 bridgehead atoms. The van der Waals surface area contributed by atoms with Crippen molar-refractivity contribution in [1.29, 1.82) is 0 Å². The zero-order valence-corrected chi connectivity index (χ0v) is 13.3. The standard InChI is InChI=1S/C14H20FNO6S/c1-23(21,22)11-4-2-9(3-5-11)14(20)12(7-15)16-13(19)6-10(18)8-17/h2-5,10,12,14,17-18,20H,6-8H2,1H3,(H,16,19)/t10?,12-,14-/m1/s1. The molecule has 0 saturated carbocycles. The average Bonchev–Trinajstić information content (AvgIpc) is 2.51. The first-order valence-electron chi connectivity index (χ1n) is 6.81. The Morgan fingerprint density at radius 3 is 2.26 bits per heavy atom. The van der Waals surface area contributed by atoms with E-state index < -0.39 is 53.7 Å². The van der Waals surface area contributed by atoms with E-state index >= 15 is 0 Å². The van der Waals surface area contributed by atoms with Crippen molar-refractivity contribution >= 4 is 15.7 Å². The smallest absolute Gasteiger partial charge is 0.223 e. The van der Waals surface area contributed by atoms with Crippen LogP contribution in [0, 0.1) is 0 Å². The molecular weight excluding hydrogens is 329 g/mol. The third kappa shape index (κ3) is 5.87. The molecule has 0 saturated heterocycles. The molecule has 130 valence electrons. The Morgan fingerprint density at radius 1 is 1.26 bits per heavy atom. The minimum Gasteiger partial charge on any atom is -0.394 e. The lowest BCUT2D eigenvalue weighted by Crippen LogP contribution is -2.42. The minimum atomic E-state index is -3.38. The maximum absolute atomic E-state index is 13.1. The fourth-order valence-corrected chi connectivity index (χ4v) is 2.52. The van der Waals surface area contributed by atoms with E-state index in [1.807, 2.05) is 0 Å². The van der Waals surface area contributed by atoms with Crippen molar-refractivity contribution in [2.24, 2.45) is 0 Å². The van der Waals surface area contributed by atoms with Crippen LogP contribution in [0.15, 0.2) is 29.2 Å². The summed E-state index contributed by atoms with van der Waals surface area (Å²) in [6.07, 6.45) is -2.03. The quantitative estimate of drug-likeness (QED) is 0.493. The number of sulfone groups is 1. The molecule has 0 heterocycles. The number of aliphatic hydroxyl groups is 3. The number of carbonyl (C=O) groups excluding carboxylic acids is 1. The molecule has 1 aromatic rings. The number of halogens is 1. The van der Waals surface area contributed by atoms with Gasteiger partial charge in [0.15, 0.2) is 9.84 Å². The molecule has 1 amide bonds. The van der Waals surface area contributed by atoms with Crippen LogP contribution in [0.25, 0.3) is 0 Å². The number of hydrogen-bond donors (Lipinski definition) is 4. The molecule has 1 unspecified atom stereocenters. The normalized spacial score (nSPS) is 15.7. The molecule has 0 aliphatic rings. The molecule has 1 rings (SSSR count). The molecule has 0 aliphatic heterocycles. The predicted molar refractivity (Wildman–Crippen MR) is 80.1 cm³/mol. The monoisotopic (exact) mass is 349 g/mol. The first-order chi connectivity index (χ1) is 10.7. The largest absolute Gasteiger partial charge is 0.394 e. The number of aliphatic hydroxyl groups excluding tert-OH is 3. The van der Waals surface area contributed by atoms with Gasteiger partial charge in [0, 0.05) is 6.26 Å². The van der Waals surface area contributed by atoms with E-state index in [9.17, 15) is 22.7 Å². The lowest BCUT2D eigenvalue weighted by Gasteiger charge is -2.22. The van der Waals surface area contributed by atoms with Gasteiger partial charge in [-0.1, -0.05) is 12.1 Å². The molecule has 3 atom stereocenters. The first-order valence-corrected chi connectivity index (χ1v) is 8.70. The molecule has 7 nitrogen and oxygen atoms in total. The highest BCUT2D eigenvalue weighted by atomic mass is 32.2. The van der Waals surface area contributed by atoms with Gasteiger partial charge >= 0.3 is 0 Å². The molecule has 0 radical (unpaired) electrons.